The number of esters is 1. The summed E-state index contributed by atoms with van der Waals surface area (Å²) in [5.41, 5.74) is -1.27. The van der Waals surface area contributed by atoms with Crippen molar-refractivity contribution in [2.45, 2.75) is 25.6 Å². The van der Waals surface area contributed by atoms with Crippen molar-refractivity contribution in [2.24, 2.45) is 0 Å². The lowest BCUT2D eigenvalue weighted by Crippen LogP contribution is -2.26. The molecule has 0 aliphatic heterocycles. The molecule has 7 heteroatoms. The smallest absolute Gasteiger partial charge is 0.416 e. The van der Waals surface area contributed by atoms with Gasteiger partial charge in [0.1, 0.15) is 5.82 Å². The van der Waals surface area contributed by atoms with Crippen molar-refractivity contribution >= 4 is 5.97 Å². The molecule has 112 valence electrons. The van der Waals surface area contributed by atoms with Crippen molar-refractivity contribution in [3.05, 3.63) is 35.1 Å². The third-order valence-electron chi connectivity index (χ3n) is 2.75. The molecule has 0 spiro atoms. The molecule has 0 fully saturated rings. The van der Waals surface area contributed by atoms with Crippen LogP contribution in [0.15, 0.2) is 18.2 Å². The molecule has 1 aromatic rings. The Bertz CT molecular complexity index is 474. The average Bonchev–Trinajstić information content (AvgIpc) is 2.37. The van der Waals surface area contributed by atoms with Gasteiger partial charge in [-0.1, -0.05) is 13.0 Å². The van der Waals surface area contributed by atoms with E-state index in [1.165, 1.54) is 0 Å². The highest BCUT2D eigenvalue weighted by molar-refractivity contribution is 5.70. The van der Waals surface area contributed by atoms with Gasteiger partial charge in [-0.15, -0.1) is 0 Å². The van der Waals surface area contributed by atoms with E-state index in [-0.39, 0.29) is 12.0 Å². The first kappa shape index (κ1) is 16.4. The normalized spacial score (nSPS) is 13.1. The standard InChI is InChI=1S/C13H15F4NO2/c1-3-18-11(7-12(19)20-2)9-5-4-8(14)6-10(9)13(15,16)17/h4-6,11,18H,3,7H2,1-2H3. The maximum absolute atomic E-state index is 13.0. The van der Waals surface area contributed by atoms with Crippen molar-refractivity contribution in [1.29, 1.82) is 0 Å². The Labute approximate surface area is 113 Å². The van der Waals surface area contributed by atoms with Crippen LogP contribution in [0.1, 0.15) is 30.5 Å². The van der Waals surface area contributed by atoms with E-state index in [0.717, 1.165) is 19.2 Å². The fourth-order valence-corrected chi connectivity index (χ4v) is 1.87. The van der Waals surface area contributed by atoms with Crippen LogP contribution in [0.5, 0.6) is 0 Å². The van der Waals surface area contributed by atoms with Crippen LogP contribution in [-0.4, -0.2) is 19.6 Å². The molecule has 20 heavy (non-hydrogen) atoms. The third-order valence-corrected chi connectivity index (χ3v) is 2.75. The second-order valence-corrected chi connectivity index (χ2v) is 4.12. The SMILES string of the molecule is CCNC(CC(=O)OC)c1ccc(F)cc1C(F)(F)F. The van der Waals surface area contributed by atoms with Crippen molar-refractivity contribution in [2.75, 3.05) is 13.7 Å². The lowest BCUT2D eigenvalue weighted by Gasteiger charge is -2.21. The zero-order valence-corrected chi connectivity index (χ0v) is 11.1. The molecular weight excluding hydrogens is 278 g/mol. The van der Waals surface area contributed by atoms with Crippen LogP contribution < -0.4 is 5.32 Å². The van der Waals surface area contributed by atoms with E-state index in [2.05, 4.69) is 10.1 Å². The van der Waals surface area contributed by atoms with Crippen molar-refractivity contribution in [3.8, 4) is 0 Å². The maximum Gasteiger partial charge on any atom is 0.416 e. The Morgan fingerprint density at radius 3 is 2.55 bits per heavy atom. The van der Waals surface area contributed by atoms with Gasteiger partial charge in [0.2, 0.25) is 0 Å². The van der Waals surface area contributed by atoms with E-state index in [0.29, 0.717) is 12.6 Å². The lowest BCUT2D eigenvalue weighted by atomic mass is 9.97. The Morgan fingerprint density at radius 1 is 1.40 bits per heavy atom. The van der Waals surface area contributed by atoms with Gasteiger partial charge < -0.3 is 10.1 Å². The van der Waals surface area contributed by atoms with Crippen LogP contribution in [-0.2, 0) is 15.7 Å². The van der Waals surface area contributed by atoms with Gasteiger partial charge in [0, 0.05) is 6.04 Å². The second kappa shape index (κ2) is 6.69. The van der Waals surface area contributed by atoms with Crippen molar-refractivity contribution in [3.63, 3.8) is 0 Å². The zero-order chi connectivity index (χ0) is 15.3. The molecule has 1 unspecified atom stereocenters. The van der Waals surface area contributed by atoms with Gasteiger partial charge in [-0.3, -0.25) is 4.79 Å². The number of methoxy groups -OCH3 is 1. The quantitative estimate of drug-likeness (QED) is 0.670. The van der Waals surface area contributed by atoms with Gasteiger partial charge in [0.05, 0.1) is 19.1 Å². The highest BCUT2D eigenvalue weighted by Gasteiger charge is 2.36. The molecule has 0 saturated heterocycles. The maximum atomic E-state index is 13.0. The zero-order valence-electron chi connectivity index (χ0n) is 11.1. The Balaban J connectivity index is 3.22. The highest BCUT2D eigenvalue weighted by atomic mass is 19.4. The number of halogens is 4. The van der Waals surface area contributed by atoms with Gasteiger partial charge in [-0.05, 0) is 24.2 Å². The summed E-state index contributed by atoms with van der Waals surface area (Å²) < 4.78 is 56.3. The van der Waals surface area contributed by atoms with E-state index >= 15 is 0 Å². The van der Waals surface area contributed by atoms with Gasteiger partial charge in [0.25, 0.3) is 0 Å². The summed E-state index contributed by atoms with van der Waals surface area (Å²) in [4.78, 5) is 11.3. The summed E-state index contributed by atoms with van der Waals surface area (Å²) >= 11 is 0. The molecule has 0 aliphatic carbocycles. The Hall–Kier alpha value is -1.63. The fraction of sp³-hybridized carbons (Fsp3) is 0.462. The van der Waals surface area contributed by atoms with E-state index in [1.54, 1.807) is 6.92 Å². The number of alkyl halides is 3. The van der Waals surface area contributed by atoms with Gasteiger partial charge in [-0.25, -0.2) is 4.39 Å². The van der Waals surface area contributed by atoms with Crippen LogP contribution in [0.25, 0.3) is 0 Å². The number of nitrogens with one attached hydrogen (secondary N) is 1. The molecule has 0 aromatic heterocycles. The molecule has 3 nitrogen and oxygen atoms in total. The minimum Gasteiger partial charge on any atom is -0.469 e. The van der Waals surface area contributed by atoms with Gasteiger partial charge in [0.15, 0.2) is 0 Å². The number of ether oxygens (including phenoxy) is 1. The number of carbonyl (C=O) groups excluding carboxylic acids is 1. The van der Waals surface area contributed by atoms with Crippen LogP contribution in [0.3, 0.4) is 0 Å². The second-order valence-electron chi connectivity index (χ2n) is 4.12. The summed E-state index contributed by atoms with van der Waals surface area (Å²) in [6, 6.07) is 1.52. The molecule has 0 amide bonds. The van der Waals surface area contributed by atoms with E-state index in [4.69, 9.17) is 0 Å². The first-order valence-electron chi connectivity index (χ1n) is 5.96. The number of carbonyl (C=O) groups is 1. The summed E-state index contributed by atoms with van der Waals surface area (Å²) in [5, 5.41) is 2.77. The van der Waals surface area contributed by atoms with Gasteiger partial charge >= 0.3 is 12.1 Å². The monoisotopic (exact) mass is 293 g/mol. The topological polar surface area (TPSA) is 38.3 Å². The Kier molecular flexibility index (Phi) is 5.50. The molecule has 1 atom stereocenters. The van der Waals surface area contributed by atoms with E-state index in [9.17, 15) is 22.4 Å². The molecule has 0 radical (unpaired) electrons. The molecular formula is C13H15F4NO2. The molecule has 0 bridgehead atoms. The van der Waals surface area contributed by atoms with Crippen LogP contribution in [0.4, 0.5) is 17.6 Å². The number of hydrogen-bond donors (Lipinski definition) is 1. The largest absolute Gasteiger partial charge is 0.469 e. The fourth-order valence-electron chi connectivity index (χ4n) is 1.87. The molecule has 1 N–H and O–H groups in total. The van der Waals surface area contributed by atoms with Crippen LogP contribution in [0, 0.1) is 5.82 Å². The first-order chi connectivity index (χ1) is 9.29. The molecule has 0 saturated carbocycles. The summed E-state index contributed by atoms with van der Waals surface area (Å²) in [7, 11) is 1.15. The predicted molar refractivity (Wildman–Crippen MR) is 64.5 cm³/mol. The summed E-state index contributed by atoms with van der Waals surface area (Å²) in [6.07, 6.45) is -4.96. The predicted octanol–water partition coefficient (Wildman–Crippen LogP) is 3.06. The number of rotatable bonds is 5. The average molecular weight is 293 g/mol. The summed E-state index contributed by atoms with van der Waals surface area (Å²) in [5.74, 6) is -1.62. The lowest BCUT2D eigenvalue weighted by molar-refractivity contribution is -0.143. The van der Waals surface area contributed by atoms with Crippen LogP contribution in [0.2, 0.25) is 0 Å². The van der Waals surface area contributed by atoms with Crippen molar-refractivity contribution < 1.29 is 27.1 Å². The van der Waals surface area contributed by atoms with Crippen molar-refractivity contribution in [1.82, 2.24) is 5.32 Å². The molecule has 0 heterocycles. The molecule has 1 aromatic carbocycles. The van der Waals surface area contributed by atoms with Gasteiger partial charge in [-0.2, -0.15) is 13.2 Å². The number of benzene rings is 1. The minimum absolute atomic E-state index is 0.175. The molecule has 0 aliphatic rings. The number of hydrogen-bond acceptors (Lipinski definition) is 3. The Morgan fingerprint density at radius 2 is 2.05 bits per heavy atom. The highest BCUT2D eigenvalue weighted by Crippen LogP contribution is 2.36. The van der Waals surface area contributed by atoms with Crippen LogP contribution >= 0.6 is 0 Å². The third kappa shape index (κ3) is 4.19. The molecule has 1 rings (SSSR count). The first-order valence-corrected chi connectivity index (χ1v) is 5.96. The minimum atomic E-state index is -4.69. The summed E-state index contributed by atoms with van der Waals surface area (Å²) in [6.45, 7) is 2.05. The van der Waals surface area contributed by atoms with E-state index in [1.807, 2.05) is 0 Å². The van der Waals surface area contributed by atoms with E-state index < -0.39 is 29.6 Å².